The van der Waals surface area contributed by atoms with Crippen molar-refractivity contribution in [1.82, 2.24) is 15.4 Å². The van der Waals surface area contributed by atoms with E-state index >= 15 is 0 Å². The smallest absolute Gasteiger partial charge is 0.285 e. The second-order valence-corrected chi connectivity index (χ2v) is 7.13. The molecule has 1 aromatic rings. The Bertz CT molecular complexity index is 619. The van der Waals surface area contributed by atoms with Crippen LogP contribution in [0, 0.1) is 5.92 Å². The third-order valence-corrected chi connectivity index (χ3v) is 5.20. The molecule has 3 rings (SSSR count). The molecule has 1 aromatic heterocycles. The Kier molecular flexibility index (Phi) is 4.63. The number of carbonyl (C=O) groups is 2. The lowest BCUT2D eigenvalue weighted by Crippen LogP contribution is -2.47. The molecular weight excluding hydrogens is 318 g/mol. The first-order valence-electron chi connectivity index (χ1n) is 7.37. The Morgan fingerprint density at radius 2 is 2.18 bits per heavy atom. The lowest BCUT2D eigenvalue weighted by atomic mass is 9.89. The first-order valence-corrected chi connectivity index (χ1v) is 8.59. The second-order valence-electron chi connectivity index (χ2n) is 5.45. The predicted octanol–water partition coefficient (Wildman–Crippen LogP) is 2.83. The molecule has 2 N–H and O–H groups in total. The van der Waals surface area contributed by atoms with Gasteiger partial charge in [-0.15, -0.1) is 0 Å². The molecule has 0 aromatic carbocycles. The third-order valence-electron chi connectivity index (χ3n) is 3.90. The summed E-state index contributed by atoms with van der Waals surface area (Å²) in [6.45, 7) is 0. The molecule has 2 aliphatic rings. The van der Waals surface area contributed by atoms with Crippen LogP contribution in [0.15, 0.2) is 23.2 Å². The Balaban J connectivity index is 1.68. The highest BCUT2D eigenvalue weighted by atomic mass is 32.2. The van der Waals surface area contributed by atoms with E-state index in [0.29, 0.717) is 9.23 Å². The van der Waals surface area contributed by atoms with E-state index in [0.717, 1.165) is 31.4 Å². The van der Waals surface area contributed by atoms with Crippen LogP contribution in [0.4, 0.5) is 0 Å². The first-order chi connectivity index (χ1) is 10.6. The Labute approximate surface area is 138 Å². The number of rotatable bonds is 3. The molecule has 5 nitrogen and oxygen atoms in total. The summed E-state index contributed by atoms with van der Waals surface area (Å²) < 4.78 is 0.368. The maximum absolute atomic E-state index is 12.4. The predicted molar refractivity (Wildman–Crippen MR) is 90.5 cm³/mol. The fraction of sp³-hybridized carbons (Fsp3) is 0.400. The number of thioether (sulfide) groups is 1. The van der Waals surface area contributed by atoms with E-state index in [4.69, 9.17) is 12.2 Å². The summed E-state index contributed by atoms with van der Waals surface area (Å²) in [5.41, 5.74) is 3.52. The summed E-state index contributed by atoms with van der Waals surface area (Å²) in [5.74, 6) is -0.378. The largest absolute Gasteiger partial charge is 0.362 e. The second kappa shape index (κ2) is 6.66. The van der Waals surface area contributed by atoms with Crippen LogP contribution in [0.25, 0.3) is 6.08 Å². The zero-order valence-corrected chi connectivity index (χ0v) is 13.6. The molecule has 0 bridgehead atoms. The fourth-order valence-corrected chi connectivity index (χ4v) is 3.88. The molecule has 7 heteroatoms. The summed E-state index contributed by atoms with van der Waals surface area (Å²) >= 11 is 6.42. The summed E-state index contributed by atoms with van der Waals surface area (Å²) in [5, 5.41) is 1.20. The fourth-order valence-electron chi connectivity index (χ4n) is 2.71. The summed E-state index contributed by atoms with van der Waals surface area (Å²) in [4.78, 5) is 28.2. The SMILES string of the molecule is O=C(NN1C(=O)/C(=C/c2ccc[nH]2)SC1=S)C1CCCCC1. The highest BCUT2D eigenvalue weighted by Gasteiger charge is 2.35. The van der Waals surface area contributed by atoms with Crippen molar-refractivity contribution in [2.45, 2.75) is 32.1 Å². The van der Waals surface area contributed by atoms with Gasteiger partial charge in [-0.3, -0.25) is 15.0 Å². The van der Waals surface area contributed by atoms with Crippen LogP contribution in [0.2, 0.25) is 0 Å². The summed E-state index contributed by atoms with van der Waals surface area (Å²) in [6.07, 6.45) is 8.64. The monoisotopic (exact) mass is 335 g/mol. The number of H-pyrrole nitrogens is 1. The van der Waals surface area contributed by atoms with Crippen LogP contribution in [0.5, 0.6) is 0 Å². The molecule has 2 amide bonds. The Morgan fingerprint density at radius 1 is 1.41 bits per heavy atom. The number of nitrogens with one attached hydrogen (secondary N) is 2. The van der Waals surface area contributed by atoms with Gasteiger partial charge >= 0.3 is 0 Å². The first kappa shape index (κ1) is 15.3. The number of amides is 2. The highest BCUT2D eigenvalue weighted by molar-refractivity contribution is 8.26. The van der Waals surface area contributed by atoms with Gasteiger partial charge in [-0.05, 0) is 43.3 Å². The van der Waals surface area contributed by atoms with Gasteiger partial charge in [0.1, 0.15) is 0 Å². The van der Waals surface area contributed by atoms with E-state index in [2.05, 4.69) is 10.4 Å². The highest BCUT2D eigenvalue weighted by Crippen LogP contribution is 2.31. The average Bonchev–Trinajstić information content (AvgIpc) is 3.12. The van der Waals surface area contributed by atoms with Crippen LogP contribution in [0.3, 0.4) is 0 Å². The lowest BCUT2D eigenvalue weighted by Gasteiger charge is -2.23. The number of hydrogen-bond acceptors (Lipinski definition) is 4. The average molecular weight is 335 g/mol. The van der Waals surface area contributed by atoms with E-state index in [1.54, 1.807) is 12.3 Å². The molecule has 1 aliphatic carbocycles. The van der Waals surface area contributed by atoms with E-state index in [1.165, 1.54) is 23.2 Å². The molecule has 0 radical (unpaired) electrons. The van der Waals surface area contributed by atoms with Crippen molar-refractivity contribution in [2.75, 3.05) is 0 Å². The van der Waals surface area contributed by atoms with Gasteiger partial charge in [0.25, 0.3) is 5.91 Å². The number of thiocarbonyl (C=S) groups is 1. The zero-order chi connectivity index (χ0) is 15.5. The number of hydrogen-bond donors (Lipinski definition) is 2. The zero-order valence-electron chi connectivity index (χ0n) is 12.0. The molecule has 2 fully saturated rings. The molecule has 1 saturated heterocycles. The molecule has 1 saturated carbocycles. The minimum atomic E-state index is -0.270. The van der Waals surface area contributed by atoms with Crippen LogP contribution >= 0.6 is 24.0 Å². The number of aromatic amines is 1. The lowest BCUT2D eigenvalue weighted by molar-refractivity contribution is -0.136. The van der Waals surface area contributed by atoms with Crippen molar-refractivity contribution in [3.63, 3.8) is 0 Å². The molecular formula is C15H17N3O2S2. The van der Waals surface area contributed by atoms with Crippen LogP contribution < -0.4 is 5.43 Å². The van der Waals surface area contributed by atoms with Crippen molar-refractivity contribution in [3.05, 3.63) is 28.9 Å². The number of carbonyl (C=O) groups excluding carboxylic acids is 2. The molecule has 0 spiro atoms. The third kappa shape index (κ3) is 3.25. The number of hydrazine groups is 1. The van der Waals surface area contributed by atoms with E-state index in [9.17, 15) is 9.59 Å². The Hall–Kier alpha value is -1.60. The van der Waals surface area contributed by atoms with E-state index in [1.807, 2.05) is 12.1 Å². The van der Waals surface area contributed by atoms with Crippen molar-refractivity contribution in [3.8, 4) is 0 Å². The normalized spacial score (nSPS) is 21.6. The van der Waals surface area contributed by atoms with Gasteiger partial charge in [-0.25, -0.2) is 0 Å². The molecule has 0 atom stereocenters. The van der Waals surface area contributed by atoms with Crippen LogP contribution in [0.1, 0.15) is 37.8 Å². The topological polar surface area (TPSA) is 65.2 Å². The van der Waals surface area contributed by atoms with Gasteiger partial charge in [0, 0.05) is 17.8 Å². The number of nitrogens with zero attached hydrogens (tertiary/aromatic N) is 1. The molecule has 2 heterocycles. The summed E-state index contributed by atoms with van der Waals surface area (Å²) in [7, 11) is 0. The molecule has 0 unspecified atom stereocenters. The van der Waals surface area contributed by atoms with Gasteiger partial charge in [0.05, 0.1) is 4.91 Å². The molecule has 22 heavy (non-hydrogen) atoms. The van der Waals surface area contributed by atoms with Gasteiger partial charge in [0.2, 0.25) is 5.91 Å². The molecule has 1 aliphatic heterocycles. The number of aromatic nitrogens is 1. The van der Waals surface area contributed by atoms with Crippen LogP contribution in [-0.4, -0.2) is 26.1 Å². The van der Waals surface area contributed by atoms with E-state index < -0.39 is 0 Å². The van der Waals surface area contributed by atoms with Gasteiger partial charge in [0.15, 0.2) is 4.32 Å². The minimum absolute atomic E-state index is 0.00853. The summed E-state index contributed by atoms with van der Waals surface area (Å²) in [6, 6.07) is 3.73. The van der Waals surface area contributed by atoms with Gasteiger partial charge < -0.3 is 4.98 Å². The standard InChI is InChI=1S/C15H17N3O2S2/c19-13(10-5-2-1-3-6-10)17-18-14(20)12(22-15(18)21)9-11-7-4-8-16-11/h4,7-10,16H,1-3,5-6H2,(H,17,19)/b12-9-. The van der Waals surface area contributed by atoms with Crippen molar-refractivity contribution in [1.29, 1.82) is 0 Å². The van der Waals surface area contributed by atoms with Crippen LogP contribution in [-0.2, 0) is 9.59 Å². The Morgan fingerprint density at radius 3 is 2.86 bits per heavy atom. The van der Waals surface area contributed by atoms with E-state index in [-0.39, 0.29) is 17.7 Å². The maximum Gasteiger partial charge on any atom is 0.285 e. The molecule has 116 valence electrons. The maximum atomic E-state index is 12.4. The quantitative estimate of drug-likeness (QED) is 0.658. The van der Waals surface area contributed by atoms with Crippen molar-refractivity contribution < 1.29 is 9.59 Å². The van der Waals surface area contributed by atoms with Gasteiger partial charge in [-0.1, -0.05) is 31.0 Å². The van der Waals surface area contributed by atoms with Crippen molar-refractivity contribution >= 4 is 46.2 Å². The van der Waals surface area contributed by atoms with Gasteiger partial charge in [-0.2, -0.15) is 5.01 Å². The van der Waals surface area contributed by atoms with Crippen molar-refractivity contribution in [2.24, 2.45) is 5.92 Å². The minimum Gasteiger partial charge on any atom is -0.362 e.